The van der Waals surface area contributed by atoms with Crippen LogP contribution in [0.3, 0.4) is 0 Å². The zero-order chi connectivity index (χ0) is 15.1. The van der Waals surface area contributed by atoms with Gasteiger partial charge in [-0.1, -0.05) is 64.1 Å². The molecule has 0 fully saturated rings. The summed E-state index contributed by atoms with van der Waals surface area (Å²) in [4.78, 5) is 23.0. The van der Waals surface area contributed by atoms with E-state index in [2.05, 4.69) is 19.2 Å². The van der Waals surface area contributed by atoms with E-state index in [0.29, 0.717) is 25.1 Å². The molecule has 0 saturated carbocycles. The van der Waals surface area contributed by atoms with Crippen molar-refractivity contribution in [1.82, 2.24) is 5.32 Å². The lowest BCUT2D eigenvalue weighted by Gasteiger charge is -2.05. The van der Waals surface area contributed by atoms with Crippen LogP contribution in [-0.4, -0.2) is 23.3 Å². The third-order valence-corrected chi connectivity index (χ3v) is 4.11. The first-order valence-corrected chi connectivity index (χ1v) is 9.11. The summed E-state index contributed by atoms with van der Waals surface area (Å²) in [6.45, 7) is 4.94. The fraction of sp³-hybridized carbons (Fsp3) is 0.875. The van der Waals surface area contributed by atoms with Crippen molar-refractivity contribution in [2.24, 2.45) is 0 Å². The van der Waals surface area contributed by atoms with Crippen molar-refractivity contribution in [2.75, 3.05) is 12.3 Å². The minimum Gasteiger partial charge on any atom is -0.355 e. The van der Waals surface area contributed by atoms with Gasteiger partial charge in [0, 0.05) is 25.1 Å². The van der Waals surface area contributed by atoms with E-state index in [1.165, 1.54) is 37.4 Å². The van der Waals surface area contributed by atoms with Gasteiger partial charge in [-0.15, -0.1) is 0 Å². The molecule has 1 N–H and O–H groups in total. The maximum absolute atomic E-state index is 11.5. The van der Waals surface area contributed by atoms with E-state index in [4.69, 9.17) is 0 Å². The zero-order valence-corrected chi connectivity index (χ0v) is 14.0. The Morgan fingerprint density at radius 3 is 2.05 bits per heavy atom. The van der Waals surface area contributed by atoms with Crippen molar-refractivity contribution in [3.05, 3.63) is 0 Å². The lowest BCUT2D eigenvalue weighted by atomic mass is 10.1. The third kappa shape index (κ3) is 13.9. The predicted molar refractivity (Wildman–Crippen MR) is 88.0 cm³/mol. The number of nitrogens with one attached hydrogen (secondary N) is 1. The van der Waals surface area contributed by atoms with Gasteiger partial charge < -0.3 is 5.32 Å². The van der Waals surface area contributed by atoms with Crippen LogP contribution in [0.1, 0.15) is 78.1 Å². The van der Waals surface area contributed by atoms with Gasteiger partial charge in [-0.3, -0.25) is 9.59 Å². The van der Waals surface area contributed by atoms with Crippen LogP contribution in [0.2, 0.25) is 0 Å². The second-order valence-corrected chi connectivity index (χ2v) is 6.34. The molecule has 118 valence electrons. The Morgan fingerprint density at radius 2 is 1.45 bits per heavy atom. The summed E-state index contributed by atoms with van der Waals surface area (Å²) in [6, 6.07) is 0. The van der Waals surface area contributed by atoms with Crippen molar-refractivity contribution in [3.8, 4) is 0 Å². The molecule has 4 heteroatoms. The molecule has 1 amide bonds. The van der Waals surface area contributed by atoms with Crippen LogP contribution in [0.4, 0.5) is 0 Å². The first kappa shape index (κ1) is 19.5. The topological polar surface area (TPSA) is 46.2 Å². The van der Waals surface area contributed by atoms with Crippen LogP contribution in [0.5, 0.6) is 0 Å². The van der Waals surface area contributed by atoms with Crippen molar-refractivity contribution < 1.29 is 9.59 Å². The predicted octanol–water partition coefficient (Wildman–Crippen LogP) is 4.30. The summed E-state index contributed by atoms with van der Waals surface area (Å²) in [7, 11) is 0. The Morgan fingerprint density at radius 1 is 0.850 bits per heavy atom. The van der Waals surface area contributed by atoms with Gasteiger partial charge in [0.15, 0.2) is 5.12 Å². The molecule has 20 heavy (non-hydrogen) atoms. The average Bonchev–Trinajstić information content (AvgIpc) is 2.44. The van der Waals surface area contributed by atoms with Gasteiger partial charge in [0.2, 0.25) is 5.91 Å². The first-order valence-electron chi connectivity index (χ1n) is 8.13. The number of thioether (sulfide) groups is 1. The largest absolute Gasteiger partial charge is 0.355 e. The summed E-state index contributed by atoms with van der Waals surface area (Å²) in [5, 5.41) is 3.14. The van der Waals surface area contributed by atoms with Gasteiger partial charge in [-0.05, 0) is 12.8 Å². The molecule has 0 bridgehead atoms. The molecular weight excluding hydrogens is 270 g/mol. The van der Waals surface area contributed by atoms with E-state index >= 15 is 0 Å². The van der Waals surface area contributed by atoms with Crippen LogP contribution in [0.15, 0.2) is 0 Å². The number of hydrogen-bond donors (Lipinski definition) is 1. The first-order chi connectivity index (χ1) is 9.70. The van der Waals surface area contributed by atoms with Gasteiger partial charge in [-0.2, -0.15) is 0 Å². The highest BCUT2D eigenvalue weighted by atomic mass is 32.2. The van der Waals surface area contributed by atoms with Crippen LogP contribution < -0.4 is 5.32 Å². The van der Waals surface area contributed by atoms with Crippen LogP contribution in [0.25, 0.3) is 0 Å². The fourth-order valence-electron chi connectivity index (χ4n) is 1.92. The Hall–Kier alpha value is -0.510. The minimum absolute atomic E-state index is 0.122. The van der Waals surface area contributed by atoms with Crippen LogP contribution >= 0.6 is 11.8 Å². The van der Waals surface area contributed by atoms with Crippen LogP contribution in [0, 0.1) is 0 Å². The van der Waals surface area contributed by atoms with Crippen LogP contribution in [-0.2, 0) is 9.59 Å². The molecule has 0 radical (unpaired) electrons. The van der Waals surface area contributed by atoms with Crippen molar-refractivity contribution >= 4 is 22.8 Å². The molecule has 0 aromatic rings. The zero-order valence-electron chi connectivity index (χ0n) is 13.2. The smallest absolute Gasteiger partial charge is 0.220 e. The van der Waals surface area contributed by atoms with E-state index in [-0.39, 0.29) is 11.0 Å². The van der Waals surface area contributed by atoms with E-state index < -0.39 is 0 Å². The Labute approximate surface area is 128 Å². The number of carbonyl (C=O) groups is 2. The summed E-state index contributed by atoms with van der Waals surface area (Å²) in [6.07, 6.45) is 10.4. The summed E-state index contributed by atoms with van der Waals surface area (Å²) < 4.78 is 0. The lowest BCUT2D eigenvalue weighted by molar-refractivity contribution is -0.121. The molecule has 0 aromatic carbocycles. The monoisotopic (exact) mass is 301 g/mol. The number of unbranched alkanes of at least 4 members (excludes halogenated alkanes) is 6. The number of rotatable bonds is 13. The molecular formula is C16H31NO2S. The quantitative estimate of drug-likeness (QED) is 0.516. The highest BCUT2D eigenvalue weighted by Gasteiger charge is 2.04. The molecule has 0 aliphatic heterocycles. The van der Waals surface area contributed by atoms with Crippen molar-refractivity contribution in [2.45, 2.75) is 78.1 Å². The molecule has 0 unspecified atom stereocenters. The van der Waals surface area contributed by atoms with E-state index in [1.54, 1.807) is 0 Å². The average molecular weight is 301 g/mol. The Kier molecular flexibility index (Phi) is 14.5. The van der Waals surface area contributed by atoms with Crippen molar-refractivity contribution in [1.29, 1.82) is 0 Å². The second kappa shape index (κ2) is 14.9. The second-order valence-electron chi connectivity index (χ2n) is 5.19. The fourth-order valence-corrected chi connectivity index (χ4v) is 2.64. The van der Waals surface area contributed by atoms with Gasteiger partial charge >= 0.3 is 0 Å². The van der Waals surface area contributed by atoms with E-state index in [9.17, 15) is 9.59 Å². The Bertz CT molecular complexity index is 231. The summed E-state index contributed by atoms with van der Waals surface area (Å²) in [5.74, 6) is 0.824. The molecule has 0 heterocycles. The number of carbonyl (C=O) groups excluding carboxylic acids is 2. The van der Waals surface area contributed by atoms with Gasteiger partial charge in [-0.25, -0.2) is 0 Å². The number of amides is 1. The molecule has 0 spiro atoms. The molecule has 0 aliphatic carbocycles. The van der Waals surface area contributed by atoms with Gasteiger partial charge in [0.25, 0.3) is 0 Å². The highest BCUT2D eigenvalue weighted by Crippen LogP contribution is 2.10. The molecule has 0 rings (SSSR count). The van der Waals surface area contributed by atoms with E-state index in [1.807, 2.05) is 0 Å². The lowest BCUT2D eigenvalue weighted by Crippen LogP contribution is -2.25. The maximum Gasteiger partial charge on any atom is 0.220 e. The number of hydrogen-bond acceptors (Lipinski definition) is 3. The molecule has 0 aliphatic rings. The molecule has 0 saturated heterocycles. The standard InChI is InChI=1S/C16H31NO2S/c1-3-5-7-9-11-15(18)17-13-14-20-16(19)12-10-8-6-4-2/h3-14H2,1-2H3,(H,17,18). The molecule has 0 atom stereocenters. The van der Waals surface area contributed by atoms with E-state index in [0.717, 1.165) is 25.7 Å². The molecule has 0 aromatic heterocycles. The summed E-state index contributed by atoms with van der Waals surface area (Å²) >= 11 is 1.35. The Balaban J connectivity index is 3.32. The maximum atomic E-state index is 11.5. The highest BCUT2D eigenvalue weighted by molar-refractivity contribution is 8.13. The van der Waals surface area contributed by atoms with Gasteiger partial charge in [0.1, 0.15) is 0 Å². The van der Waals surface area contributed by atoms with Crippen molar-refractivity contribution in [3.63, 3.8) is 0 Å². The minimum atomic E-state index is 0.122. The normalized spacial score (nSPS) is 10.5. The summed E-state index contributed by atoms with van der Waals surface area (Å²) in [5.41, 5.74) is 0. The van der Waals surface area contributed by atoms with Gasteiger partial charge in [0.05, 0.1) is 0 Å². The molecule has 3 nitrogen and oxygen atoms in total. The third-order valence-electron chi connectivity index (χ3n) is 3.18. The SMILES string of the molecule is CCCCCCC(=O)NCCSC(=O)CCCCCC.